The first-order valence-electron chi connectivity index (χ1n) is 12.8. The van der Waals surface area contributed by atoms with Crippen molar-refractivity contribution in [1.29, 1.82) is 0 Å². The molecule has 0 aromatic carbocycles. The normalized spacial score (nSPS) is 22.5. The number of aromatic nitrogens is 4. The molecule has 5 atom stereocenters. The summed E-state index contributed by atoms with van der Waals surface area (Å²) in [6.07, 6.45) is 1.50. The van der Waals surface area contributed by atoms with E-state index in [0.717, 1.165) is 0 Å². The van der Waals surface area contributed by atoms with Crippen LogP contribution in [0.1, 0.15) is 61.1 Å². The molecule has 5 unspecified atom stereocenters. The van der Waals surface area contributed by atoms with Crippen LogP contribution in [0.4, 0.5) is 5.95 Å². The second-order valence-electron chi connectivity index (χ2n) is 10.8. The van der Waals surface area contributed by atoms with Gasteiger partial charge in [-0.2, -0.15) is 9.97 Å². The lowest BCUT2D eigenvalue weighted by molar-refractivity contribution is -0.148. The Bertz CT molecular complexity index is 1150. The summed E-state index contributed by atoms with van der Waals surface area (Å²) in [6, 6.07) is -0.478. The number of carbonyl (C=O) groups excluding carboxylic acids is 1. The van der Waals surface area contributed by atoms with Gasteiger partial charge in [-0.1, -0.05) is 41.5 Å². The molecule has 14 heteroatoms. The van der Waals surface area contributed by atoms with Gasteiger partial charge in [0.15, 0.2) is 11.2 Å². The van der Waals surface area contributed by atoms with Gasteiger partial charge in [0.25, 0.3) is 0 Å². The third-order valence-electron chi connectivity index (χ3n) is 6.31. The average molecular weight is 557 g/mol. The topological polar surface area (TPSA) is 162 Å². The summed E-state index contributed by atoms with van der Waals surface area (Å²) in [5.74, 6) is -0.134. The van der Waals surface area contributed by atoms with Gasteiger partial charge in [0.2, 0.25) is 11.8 Å². The van der Waals surface area contributed by atoms with Crippen molar-refractivity contribution in [1.82, 2.24) is 24.6 Å². The summed E-state index contributed by atoms with van der Waals surface area (Å²) in [4.78, 5) is 24.9. The zero-order valence-corrected chi connectivity index (χ0v) is 24.4. The van der Waals surface area contributed by atoms with Crippen molar-refractivity contribution in [3.05, 3.63) is 6.33 Å². The second-order valence-corrected chi connectivity index (χ2v) is 12.7. The molecule has 2 aromatic heterocycles. The van der Waals surface area contributed by atoms with Crippen LogP contribution in [-0.2, 0) is 27.9 Å². The van der Waals surface area contributed by atoms with Crippen molar-refractivity contribution in [2.75, 3.05) is 32.7 Å². The minimum absolute atomic E-state index is 0.0234. The summed E-state index contributed by atoms with van der Waals surface area (Å²) < 4.78 is 43.6. The Balaban J connectivity index is 1.69. The van der Waals surface area contributed by atoms with E-state index in [4.69, 9.17) is 29.0 Å². The lowest BCUT2D eigenvalue weighted by atomic mass is 9.88. The summed E-state index contributed by atoms with van der Waals surface area (Å²) in [6.45, 7) is 13.7. The third-order valence-corrected chi connectivity index (χ3v) is 7.91. The molecule has 1 fully saturated rings. The lowest BCUT2D eigenvalue weighted by Gasteiger charge is -2.33. The largest absolute Gasteiger partial charge is 0.476 e. The van der Waals surface area contributed by atoms with Gasteiger partial charge in [0.05, 0.1) is 37.6 Å². The fourth-order valence-corrected chi connectivity index (χ4v) is 5.51. The van der Waals surface area contributed by atoms with Crippen LogP contribution in [0.15, 0.2) is 6.33 Å². The maximum atomic E-state index is 13.5. The van der Waals surface area contributed by atoms with Crippen LogP contribution in [0, 0.1) is 17.3 Å². The van der Waals surface area contributed by atoms with E-state index in [2.05, 4.69) is 20.0 Å². The highest BCUT2D eigenvalue weighted by Gasteiger charge is 2.39. The second kappa shape index (κ2) is 12.3. The van der Waals surface area contributed by atoms with Crippen LogP contribution in [-0.4, -0.2) is 64.6 Å². The van der Waals surface area contributed by atoms with Gasteiger partial charge in [-0.3, -0.25) is 13.9 Å². The molecule has 0 aliphatic carbocycles. The molecule has 214 valence electrons. The average Bonchev–Trinajstić information content (AvgIpc) is 3.42. The van der Waals surface area contributed by atoms with Crippen LogP contribution in [0.5, 0.6) is 5.88 Å². The van der Waals surface area contributed by atoms with Crippen molar-refractivity contribution in [2.24, 2.45) is 17.3 Å². The summed E-state index contributed by atoms with van der Waals surface area (Å²) in [5.41, 5.74) is 6.50. The highest BCUT2D eigenvalue weighted by Crippen LogP contribution is 2.46. The van der Waals surface area contributed by atoms with E-state index in [9.17, 15) is 9.36 Å². The number of ether oxygens (including phenoxy) is 3. The fourth-order valence-electron chi connectivity index (χ4n) is 4.02. The Morgan fingerprint density at radius 3 is 2.66 bits per heavy atom. The number of anilines is 1. The molecule has 3 N–H and O–H groups in total. The van der Waals surface area contributed by atoms with Gasteiger partial charge in [0, 0.05) is 13.0 Å². The van der Waals surface area contributed by atoms with Crippen molar-refractivity contribution >= 4 is 30.8 Å². The number of nitrogens with one attached hydrogen (secondary N) is 1. The van der Waals surface area contributed by atoms with E-state index < -0.39 is 25.4 Å². The van der Waals surface area contributed by atoms with Gasteiger partial charge in [-0.25, -0.2) is 14.6 Å². The van der Waals surface area contributed by atoms with Crippen LogP contribution in [0.3, 0.4) is 0 Å². The first-order valence-corrected chi connectivity index (χ1v) is 14.3. The number of hydrogen-bond acceptors (Lipinski definition) is 11. The number of esters is 1. The monoisotopic (exact) mass is 556 g/mol. The smallest absolute Gasteiger partial charge is 0.405 e. The molecule has 0 saturated carbocycles. The van der Waals surface area contributed by atoms with Crippen molar-refractivity contribution in [2.45, 2.75) is 73.3 Å². The number of nitrogens with zero attached hydrogens (tertiary/aromatic N) is 4. The zero-order valence-electron chi connectivity index (χ0n) is 23.5. The minimum Gasteiger partial charge on any atom is -0.476 e. The summed E-state index contributed by atoms with van der Waals surface area (Å²) in [5, 5.41) is 2.96. The molecule has 0 bridgehead atoms. The van der Waals surface area contributed by atoms with Gasteiger partial charge in [-0.15, -0.1) is 0 Å². The van der Waals surface area contributed by atoms with E-state index in [0.29, 0.717) is 30.1 Å². The number of hydrogen-bond donors (Lipinski definition) is 2. The highest BCUT2D eigenvalue weighted by atomic mass is 31.2. The number of nitrogens with two attached hydrogens (primary N) is 1. The quantitative estimate of drug-likeness (QED) is 0.288. The Morgan fingerprint density at radius 1 is 1.34 bits per heavy atom. The van der Waals surface area contributed by atoms with E-state index >= 15 is 0 Å². The molecular formula is C24H41N6O7P. The van der Waals surface area contributed by atoms with Crippen LogP contribution in [0.25, 0.3) is 11.2 Å². The molecule has 38 heavy (non-hydrogen) atoms. The van der Waals surface area contributed by atoms with Gasteiger partial charge < -0.3 is 24.5 Å². The lowest BCUT2D eigenvalue weighted by Crippen LogP contribution is -2.43. The van der Waals surface area contributed by atoms with Gasteiger partial charge in [0.1, 0.15) is 12.8 Å². The molecule has 0 amide bonds. The molecule has 0 radical (unpaired) electrons. The highest BCUT2D eigenvalue weighted by molar-refractivity contribution is 7.51. The van der Waals surface area contributed by atoms with Crippen molar-refractivity contribution in [3.8, 4) is 5.88 Å². The minimum atomic E-state index is -3.74. The molecule has 1 aliphatic heterocycles. The number of nitrogen functional groups attached to an aromatic ring is 1. The van der Waals surface area contributed by atoms with Crippen LogP contribution < -0.4 is 15.6 Å². The van der Waals surface area contributed by atoms with E-state index in [1.54, 1.807) is 24.7 Å². The molecule has 13 nitrogen and oxygen atoms in total. The molecule has 0 spiro atoms. The van der Waals surface area contributed by atoms with Gasteiger partial charge in [-0.05, 0) is 18.8 Å². The molecule has 3 heterocycles. The Kier molecular flexibility index (Phi) is 9.75. The zero-order chi connectivity index (χ0) is 28.3. The SMILES string of the molecule is CCOc1nc(N)nc2c1ncn2C1OC(COP(=O)(NC(COC(=O)C(C)C)C(C)(C)C)OC)CC1C. The van der Waals surface area contributed by atoms with Crippen LogP contribution in [0.2, 0.25) is 0 Å². The third kappa shape index (κ3) is 7.20. The Labute approximate surface area is 223 Å². The number of fused-ring (bicyclic) bond motifs is 1. The van der Waals surface area contributed by atoms with E-state index in [1.807, 2.05) is 34.6 Å². The molecule has 1 saturated heterocycles. The Hall–Kier alpha value is -2.31. The number of imidazole rings is 1. The standard InChI is InChI=1S/C24H41N6O7P/c1-9-34-20-18-19(27-23(25)28-20)30(13-26-18)21-15(4)10-16(37-21)11-36-38(32,33-8)29-17(24(5,6)7)12-35-22(31)14(2)3/h13-17,21H,9-12H2,1-8H3,(H,29,32)(H2,25,27,28). The first-order chi connectivity index (χ1) is 17.8. The predicted molar refractivity (Wildman–Crippen MR) is 141 cm³/mol. The van der Waals surface area contributed by atoms with Gasteiger partial charge >= 0.3 is 13.7 Å². The predicted octanol–water partition coefficient (Wildman–Crippen LogP) is 3.71. The molecule has 3 rings (SSSR count). The Morgan fingerprint density at radius 2 is 2.05 bits per heavy atom. The van der Waals surface area contributed by atoms with E-state index in [-0.39, 0.29) is 43.1 Å². The van der Waals surface area contributed by atoms with Crippen molar-refractivity contribution < 1.29 is 32.6 Å². The molecule has 1 aliphatic rings. The summed E-state index contributed by atoms with van der Waals surface area (Å²) in [7, 11) is -2.43. The van der Waals surface area contributed by atoms with E-state index in [1.165, 1.54) is 7.11 Å². The molecule has 2 aromatic rings. The maximum Gasteiger partial charge on any atom is 0.405 e. The fraction of sp³-hybridized carbons (Fsp3) is 0.750. The van der Waals surface area contributed by atoms with Crippen LogP contribution >= 0.6 is 7.75 Å². The molecular weight excluding hydrogens is 515 g/mol. The summed E-state index contributed by atoms with van der Waals surface area (Å²) >= 11 is 0. The number of rotatable bonds is 12. The number of carbonyl (C=O) groups is 1. The van der Waals surface area contributed by atoms with Crippen molar-refractivity contribution in [3.63, 3.8) is 0 Å². The maximum absolute atomic E-state index is 13.5. The first kappa shape index (κ1) is 30.2.